The molecule has 4 rings (SSSR count). The van der Waals surface area contributed by atoms with Gasteiger partial charge in [-0.3, -0.25) is 33.6 Å². The number of fused-ring (bicyclic) bond motifs is 1. The average molecular weight is 900 g/mol. The molecule has 7 amide bonds. The molecular formula is C45H57N9O11. The molecule has 0 bridgehead atoms. The molecule has 0 unspecified atom stereocenters. The van der Waals surface area contributed by atoms with Crippen LogP contribution in [0.25, 0.3) is 10.9 Å². The van der Waals surface area contributed by atoms with Gasteiger partial charge in [0, 0.05) is 42.8 Å². The lowest BCUT2D eigenvalue weighted by molar-refractivity contribution is -0.142. The Kier molecular flexibility index (Phi) is 18.7. The molecule has 0 aliphatic carbocycles. The molecule has 0 saturated heterocycles. The zero-order chi connectivity index (χ0) is 47.8. The summed E-state index contributed by atoms with van der Waals surface area (Å²) in [6.45, 7) is 3.81. The third-order valence-corrected chi connectivity index (χ3v) is 10.5. The highest BCUT2D eigenvalue weighted by Gasteiger charge is 2.35. The van der Waals surface area contributed by atoms with Crippen molar-refractivity contribution in [2.75, 3.05) is 0 Å². The molecule has 348 valence electrons. The predicted octanol–water partition coefficient (Wildman–Crippen LogP) is -1.44. The van der Waals surface area contributed by atoms with Crippen LogP contribution in [-0.2, 0) is 57.6 Å². The highest BCUT2D eigenvalue weighted by molar-refractivity contribution is 5.98. The normalized spacial score (nSPS) is 15.3. The van der Waals surface area contributed by atoms with E-state index in [1.54, 1.807) is 85.1 Å². The second kappa shape index (κ2) is 24.1. The van der Waals surface area contributed by atoms with Crippen molar-refractivity contribution >= 4 is 58.2 Å². The van der Waals surface area contributed by atoms with Crippen LogP contribution in [0.5, 0.6) is 0 Å². The SMILES string of the molecule is C[C@H](NC(=O)[C@@H](N)[C@@H](C)O)C(=O)N[C@H](C(=O)N[C@@H](Cc1ccccc1)C(=O)N[C@@H](Cc1c[nH]c2ccccc12)C(=O)N[C@@H](Cc1ccccc1)C(=O)N[C@@H](CCC(N)=O)C(=O)O)[C@@H](C)O. The molecule has 9 atom stereocenters. The van der Waals surface area contributed by atoms with Gasteiger partial charge in [-0.2, -0.15) is 0 Å². The lowest BCUT2D eigenvalue weighted by Gasteiger charge is -2.28. The van der Waals surface area contributed by atoms with Crippen molar-refractivity contribution in [3.63, 3.8) is 0 Å². The maximum absolute atomic E-state index is 14.5. The van der Waals surface area contributed by atoms with Crippen LogP contribution in [-0.4, -0.2) is 122 Å². The van der Waals surface area contributed by atoms with Crippen molar-refractivity contribution < 1.29 is 53.7 Å². The third kappa shape index (κ3) is 15.3. The number of carbonyl (C=O) groups is 8. The Morgan fingerprint density at radius 1 is 0.569 bits per heavy atom. The summed E-state index contributed by atoms with van der Waals surface area (Å²) in [6.07, 6.45) is -2.13. The lowest BCUT2D eigenvalue weighted by Crippen LogP contribution is -2.62. The number of aromatic nitrogens is 1. The number of hydrogen-bond donors (Lipinski definition) is 12. The number of nitrogens with one attached hydrogen (secondary N) is 7. The van der Waals surface area contributed by atoms with Crippen molar-refractivity contribution in [2.45, 2.75) is 107 Å². The Morgan fingerprint density at radius 2 is 1.05 bits per heavy atom. The van der Waals surface area contributed by atoms with Gasteiger partial charge in [0.15, 0.2) is 0 Å². The number of carboxylic acid groups (broad SMARTS) is 1. The fourth-order valence-corrected chi connectivity index (χ4v) is 6.75. The van der Waals surface area contributed by atoms with E-state index in [0.29, 0.717) is 16.7 Å². The summed E-state index contributed by atoms with van der Waals surface area (Å²) in [5.74, 6) is -7.56. The van der Waals surface area contributed by atoms with Crippen molar-refractivity contribution in [1.82, 2.24) is 36.9 Å². The molecule has 0 fully saturated rings. The first-order valence-electron chi connectivity index (χ1n) is 20.9. The Bertz CT molecular complexity index is 2290. The summed E-state index contributed by atoms with van der Waals surface area (Å²) in [7, 11) is 0. The van der Waals surface area contributed by atoms with Crippen LogP contribution in [0.4, 0.5) is 0 Å². The van der Waals surface area contributed by atoms with Gasteiger partial charge in [-0.25, -0.2) is 4.79 Å². The van der Waals surface area contributed by atoms with Gasteiger partial charge in [0.25, 0.3) is 0 Å². The van der Waals surface area contributed by atoms with Crippen molar-refractivity contribution in [3.8, 4) is 0 Å². The minimum absolute atomic E-state index is 0.108. The van der Waals surface area contributed by atoms with E-state index in [2.05, 4.69) is 36.9 Å². The number of carboxylic acids is 1. The average Bonchev–Trinajstić information content (AvgIpc) is 3.68. The summed E-state index contributed by atoms with van der Waals surface area (Å²) in [6, 6.07) is 14.2. The number of aliphatic carboxylic acids is 1. The number of aromatic amines is 1. The fraction of sp³-hybridized carbons (Fsp3) is 0.378. The number of aliphatic hydroxyl groups is 2. The lowest BCUT2D eigenvalue weighted by atomic mass is 10.00. The summed E-state index contributed by atoms with van der Waals surface area (Å²) >= 11 is 0. The van der Waals surface area contributed by atoms with E-state index in [9.17, 15) is 53.7 Å². The third-order valence-electron chi connectivity index (χ3n) is 10.5. The fourth-order valence-electron chi connectivity index (χ4n) is 6.75. The molecule has 0 aliphatic rings. The van der Waals surface area contributed by atoms with Crippen molar-refractivity contribution in [2.24, 2.45) is 11.5 Å². The molecule has 3 aromatic carbocycles. The maximum Gasteiger partial charge on any atom is 0.326 e. The van der Waals surface area contributed by atoms with Crippen LogP contribution in [0.1, 0.15) is 50.3 Å². The van der Waals surface area contributed by atoms with Gasteiger partial charge < -0.3 is 63.7 Å². The smallest absolute Gasteiger partial charge is 0.326 e. The zero-order valence-corrected chi connectivity index (χ0v) is 36.2. The highest BCUT2D eigenvalue weighted by Crippen LogP contribution is 2.20. The highest BCUT2D eigenvalue weighted by atomic mass is 16.4. The van der Waals surface area contributed by atoms with E-state index in [1.807, 2.05) is 6.07 Å². The molecular weight excluding hydrogens is 843 g/mol. The second-order valence-corrected chi connectivity index (χ2v) is 15.8. The minimum Gasteiger partial charge on any atom is -0.480 e. The first-order valence-corrected chi connectivity index (χ1v) is 20.9. The number of para-hydroxylation sites is 1. The Morgan fingerprint density at radius 3 is 1.54 bits per heavy atom. The zero-order valence-electron chi connectivity index (χ0n) is 36.2. The number of hydrogen-bond acceptors (Lipinski definition) is 11. The van der Waals surface area contributed by atoms with Gasteiger partial charge in [0.05, 0.1) is 12.2 Å². The number of aliphatic hydroxyl groups excluding tert-OH is 2. The molecule has 0 saturated carbocycles. The van der Waals surface area contributed by atoms with E-state index in [-0.39, 0.29) is 32.1 Å². The standard InChI is InChI=1S/C45H57N9O11/c1-24(49-43(62)37(47)25(2)55)39(58)54-38(26(3)56)44(63)53-34(21-28-14-8-5-9-15-28)41(60)52-35(22-29-23-48-31-17-11-10-16-30(29)31)42(61)51-33(20-27-12-6-4-7-13-27)40(59)50-32(45(64)65)18-19-36(46)57/h4-17,23-26,32-35,37-38,48,55-56H,18-22,47H2,1-3H3,(H2,46,57)(H,49,62)(H,50,59)(H,51,61)(H,52,60)(H,53,63)(H,54,58)(H,64,65)/t24-,25+,26+,32-,33-,34-,35-,37-,38-/m0/s1. The quantitative estimate of drug-likeness (QED) is 0.0385. The molecule has 0 spiro atoms. The number of amides is 7. The Balaban J connectivity index is 1.66. The number of H-pyrrole nitrogens is 1. The monoisotopic (exact) mass is 899 g/mol. The molecule has 20 heteroatoms. The van der Waals surface area contributed by atoms with E-state index in [1.165, 1.54) is 20.8 Å². The first kappa shape index (κ1) is 50.5. The van der Waals surface area contributed by atoms with Crippen LogP contribution in [0.15, 0.2) is 91.1 Å². The number of rotatable bonds is 24. The second-order valence-electron chi connectivity index (χ2n) is 15.8. The van der Waals surface area contributed by atoms with Crippen LogP contribution in [0.3, 0.4) is 0 Å². The van der Waals surface area contributed by atoms with Gasteiger partial charge in [0.1, 0.15) is 42.3 Å². The summed E-state index contributed by atoms with van der Waals surface area (Å²) in [5, 5.41) is 46.0. The van der Waals surface area contributed by atoms with Crippen LogP contribution < -0.4 is 43.4 Å². The van der Waals surface area contributed by atoms with E-state index in [4.69, 9.17) is 11.5 Å². The topological polar surface area (TPSA) is 337 Å². The number of benzene rings is 3. The minimum atomic E-state index is -1.65. The van der Waals surface area contributed by atoms with Gasteiger partial charge >= 0.3 is 5.97 Å². The summed E-state index contributed by atoms with van der Waals surface area (Å²) < 4.78 is 0. The Hall–Kier alpha value is -7.16. The summed E-state index contributed by atoms with van der Waals surface area (Å²) in [4.78, 5) is 109. The number of primary amides is 1. The van der Waals surface area contributed by atoms with Crippen LogP contribution >= 0.6 is 0 Å². The van der Waals surface area contributed by atoms with Crippen LogP contribution in [0.2, 0.25) is 0 Å². The largest absolute Gasteiger partial charge is 0.480 e. The molecule has 0 radical (unpaired) electrons. The molecule has 0 aliphatic heterocycles. The van der Waals surface area contributed by atoms with Gasteiger partial charge in [0.2, 0.25) is 41.4 Å². The van der Waals surface area contributed by atoms with E-state index >= 15 is 0 Å². The van der Waals surface area contributed by atoms with Gasteiger partial charge in [-0.05, 0) is 49.9 Å². The predicted molar refractivity (Wildman–Crippen MR) is 237 cm³/mol. The van der Waals surface area contributed by atoms with Crippen molar-refractivity contribution in [3.05, 3.63) is 108 Å². The molecule has 20 nitrogen and oxygen atoms in total. The first-order chi connectivity index (χ1) is 30.8. The Labute approximate surface area is 374 Å². The number of carbonyl (C=O) groups excluding carboxylic acids is 7. The summed E-state index contributed by atoms with van der Waals surface area (Å²) in [5.41, 5.74) is 13.4. The molecule has 1 aromatic heterocycles. The van der Waals surface area contributed by atoms with Crippen LogP contribution in [0, 0.1) is 0 Å². The van der Waals surface area contributed by atoms with E-state index < -0.39 is 102 Å². The van der Waals surface area contributed by atoms with Gasteiger partial charge in [-0.15, -0.1) is 0 Å². The molecule has 1 heterocycles. The maximum atomic E-state index is 14.5. The number of nitrogens with two attached hydrogens (primary N) is 2. The van der Waals surface area contributed by atoms with Crippen molar-refractivity contribution in [1.29, 1.82) is 0 Å². The molecule has 4 aromatic rings. The van der Waals surface area contributed by atoms with E-state index in [0.717, 1.165) is 10.9 Å². The van der Waals surface area contributed by atoms with Gasteiger partial charge in [-0.1, -0.05) is 78.9 Å². The molecule has 65 heavy (non-hydrogen) atoms. The molecule has 14 N–H and O–H groups in total.